The second kappa shape index (κ2) is 10.3. The largest absolute Gasteiger partial charge is 0.444 e. The van der Waals surface area contributed by atoms with Gasteiger partial charge in [-0.3, -0.25) is 0 Å². The van der Waals surface area contributed by atoms with Gasteiger partial charge in [-0.1, -0.05) is 60.7 Å². The van der Waals surface area contributed by atoms with Gasteiger partial charge in [0.2, 0.25) is 0 Å². The summed E-state index contributed by atoms with van der Waals surface area (Å²) in [5, 5.41) is 5.50. The van der Waals surface area contributed by atoms with Crippen molar-refractivity contribution in [2.75, 3.05) is 13.1 Å². The van der Waals surface area contributed by atoms with E-state index in [-0.39, 0.29) is 6.03 Å². The van der Waals surface area contributed by atoms with Crippen molar-refractivity contribution in [3.63, 3.8) is 0 Å². The second-order valence-corrected chi connectivity index (χ2v) is 7.49. The molecular weight excluding hydrogens is 354 g/mol. The summed E-state index contributed by atoms with van der Waals surface area (Å²) in [4.78, 5) is 26.1. The van der Waals surface area contributed by atoms with Crippen LogP contribution in [0.2, 0.25) is 0 Å². The minimum absolute atomic E-state index is 0.182. The van der Waals surface area contributed by atoms with Crippen LogP contribution in [0.15, 0.2) is 60.7 Å². The van der Waals surface area contributed by atoms with Gasteiger partial charge in [0.1, 0.15) is 5.60 Å². The van der Waals surface area contributed by atoms with E-state index in [9.17, 15) is 9.59 Å². The summed E-state index contributed by atoms with van der Waals surface area (Å²) in [5.41, 5.74) is 1.57. The van der Waals surface area contributed by atoms with Gasteiger partial charge in [-0.05, 0) is 31.9 Å². The first-order valence-corrected chi connectivity index (χ1v) is 9.41. The molecule has 2 N–H and O–H groups in total. The smallest absolute Gasteiger partial charge is 0.407 e. The Labute approximate surface area is 166 Å². The highest BCUT2D eigenvalue weighted by Crippen LogP contribution is 2.10. The zero-order valence-corrected chi connectivity index (χ0v) is 16.8. The molecule has 2 aromatic carbocycles. The van der Waals surface area contributed by atoms with Crippen LogP contribution in [0.5, 0.6) is 0 Å². The molecule has 0 fully saturated rings. The van der Waals surface area contributed by atoms with Gasteiger partial charge in [-0.15, -0.1) is 0 Å². The van der Waals surface area contributed by atoms with Crippen LogP contribution in [0, 0.1) is 0 Å². The molecule has 150 valence electrons. The molecule has 2 rings (SSSR count). The summed E-state index contributed by atoms with van der Waals surface area (Å²) in [6.45, 7) is 7.03. The van der Waals surface area contributed by atoms with E-state index in [0.29, 0.717) is 26.2 Å². The number of carbonyl (C=O) groups is 2. The Morgan fingerprint density at radius 1 is 0.821 bits per heavy atom. The molecule has 6 nitrogen and oxygen atoms in total. The molecule has 0 bridgehead atoms. The van der Waals surface area contributed by atoms with Gasteiger partial charge in [-0.2, -0.15) is 0 Å². The Balaban J connectivity index is 1.88. The van der Waals surface area contributed by atoms with Crippen LogP contribution in [0.25, 0.3) is 0 Å². The van der Waals surface area contributed by atoms with Crippen molar-refractivity contribution in [1.82, 2.24) is 15.5 Å². The number of carbonyl (C=O) groups excluding carboxylic acids is 2. The highest BCUT2D eigenvalue weighted by atomic mass is 16.6. The fraction of sp³-hybridized carbons (Fsp3) is 0.364. The minimum atomic E-state index is -0.546. The van der Waals surface area contributed by atoms with Crippen LogP contribution < -0.4 is 10.6 Å². The molecule has 0 radical (unpaired) electrons. The molecule has 0 aliphatic carbocycles. The van der Waals surface area contributed by atoms with Gasteiger partial charge in [-0.25, -0.2) is 9.59 Å². The first-order chi connectivity index (χ1) is 13.3. The van der Waals surface area contributed by atoms with Crippen LogP contribution in [-0.2, 0) is 17.8 Å². The zero-order valence-electron chi connectivity index (χ0n) is 16.8. The number of ether oxygens (including phenoxy) is 1. The molecule has 0 aliphatic heterocycles. The summed E-state index contributed by atoms with van der Waals surface area (Å²) in [5.74, 6) is 0. The number of nitrogens with zero attached hydrogens (tertiary/aromatic N) is 1. The molecular formula is C22H29N3O3. The Hall–Kier alpha value is -3.02. The van der Waals surface area contributed by atoms with Crippen molar-refractivity contribution in [1.29, 1.82) is 0 Å². The number of benzene rings is 2. The van der Waals surface area contributed by atoms with Gasteiger partial charge in [0, 0.05) is 26.2 Å². The highest BCUT2D eigenvalue weighted by Gasteiger charge is 2.17. The average molecular weight is 383 g/mol. The van der Waals surface area contributed by atoms with Gasteiger partial charge in [0.05, 0.1) is 0 Å². The number of nitrogens with one attached hydrogen (secondary N) is 2. The lowest BCUT2D eigenvalue weighted by Crippen LogP contribution is -2.43. The summed E-state index contributed by atoms with van der Waals surface area (Å²) in [6.07, 6.45) is -0.493. The number of hydrogen-bond donors (Lipinski definition) is 2. The fourth-order valence-electron chi connectivity index (χ4n) is 2.57. The van der Waals surface area contributed by atoms with E-state index in [0.717, 1.165) is 11.1 Å². The van der Waals surface area contributed by atoms with Crippen LogP contribution in [0.3, 0.4) is 0 Å². The predicted octanol–water partition coefficient (Wildman–Crippen LogP) is 3.92. The zero-order chi connectivity index (χ0) is 20.4. The lowest BCUT2D eigenvalue weighted by Gasteiger charge is -2.24. The lowest BCUT2D eigenvalue weighted by molar-refractivity contribution is 0.0528. The normalized spacial score (nSPS) is 10.8. The number of urea groups is 1. The first-order valence-electron chi connectivity index (χ1n) is 9.41. The highest BCUT2D eigenvalue weighted by molar-refractivity contribution is 5.74. The Kier molecular flexibility index (Phi) is 7.87. The fourth-order valence-corrected chi connectivity index (χ4v) is 2.57. The van der Waals surface area contributed by atoms with Crippen molar-refractivity contribution < 1.29 is 14.3 Å². The molecule has 0 aromatic heterocycles. The van der Waals surface area contributed by atoms with E-state index in [2.05, 4.69) is 10.6 Å². The van der Waals surface area contributed by atoms with Gasteiger partial charge < -0.3 is 20.3 Å². The molecule has 0 atom stereocenters. The molecule has 0 unspecified atom stereocenters. The predicted molar refractivity (Wildman–Crippen MR) is 110 cm³/mol. The van der Waals surface area contributed by atoms with Crippen molar-refractivity contribution in [2.45, 2.75) is 39.5 Å². The van der Waals surface area contributed by atoms with Crippen LogP contribution in [-0.4, -0.2) is 35.7 Å². The van der Waals surface area contributed by atoms with Gasteiger partial charge in [0.15, 0.2) is 0 Å². The lowest BCUT2D eigenvalue weighted by atomic mass is 10.2. The SMILES string of the molecule is CC(C)(C)OC(=O)NCCNC(=O)N(Cc1ccccc1)Cc1ccccc1. The van der Waals surface area contributed by atoms with E-state index >= 15 is 0 Å². The number of rotatable bonds is 7. The van der Waals surface area contributed by atoms with Gasteiger partial charge in [0.25, 0.3) is 0 Å². The van der Waals surface area contributed by atoms with E-state index in [1.165, 1.54) is 0 Å². The third-order valence-electron chi connectivity index (χ3n) is 3.79. The molecule has 2 aromatic rings. The number of amides is 3. The molecule has 0 spiro atoms. The molecule has 28 heavy (non-hydrogen) atoms. The molecule has 6 heteroatoms. The third-order valence-corrected chi connectivity index (χ3v) is 3.79. The van der Waals surface area contributed by atoms with Crippen LogP contribution in [0.4, 0.5) is 9.59 Å². The summed E-state index contributed by atoms with van der Waals surface area (Å²) >= 11 is 0. The monoisotopic (exact) mass is 383 g/mol. The molecule has 0 saturated carbocycles. The standard InChI is InChI=1S/C22H29N3O3/c1-22(2,3)28-21(27)24-15-14-23-20(26)25(16-18-10-6-4-7-11-18)17-19-12-8-5-9-13-19/h4-13H,14-17H2,1-3H3,(H,23,26)(H,24,27). The Morgan fingerprint density at radius 3 is 1.75 bits per heavy atom. The molecule has 0 heterocycles. The van der Waals surface area contributed by atoms with Crippen molar-refractivity contribution >= 4 is 12.1 Å². The van der Waals surface area contributed by atoms with E-state index in [4.69, 9.17) is 4.74 Å². The van der Waals surface area contributed by atoms with Crippen molar-refractivity contribution in [3.05, 3.63) is 71.8 Å². The molecule has 3 amide bonds. The number of alkyl carbamates (subject to hydrolysis) is 1. The minimum Gasteiger partial charge on any atom is -0.444 e. The third kappa shape index (κ3) is 8.12. The average Bonchev–Trinajstić information content (AvgIpc) is 2.65. The van der Waals surface area contributed by atoms with Crippen LogP contribution in [0.1, 0.15) is 31.9 Å². The summed E-state index contributed by atoms with van der Waals surface area (Å²) in [6, 6.07) is 19.5. The summed E-state index contributed by atoms with van der Waals surface area (Å²) in [7, 11) is 0. The van der Waals surface area contributed by atoms with Crippen LogP contribution >= 0.6 is 0 Å². The maximum atomic E-state index is 12.7. The molecule has 0 aliphatic rings. The van der Waals surface area contributed by atoms with E-state index in [1.54, 1.807) is 25.7 Å². The van der Waals surface area contributed by atoms with Crippen molar-refractivity contribution in [3.8, 4) is 0 Å². The Morgan fingerprint density at radius 2 is 1.29 bits per heavy atom. The quantitative estimate of drug-likeness (QED) is 0.712. The second-order valence-electron chi connectivity index (χ2n) is 7.49. The van der Waals surface area contributed by atoms with E-state index < -0.39 is 11.7 Å². The maximum absolute atomic E-state index is 12.7. The van der Waals surface area contributed by atoms with E-state index in [1.807, 2.05) is 60.7 Å². The number of hydrogen-bond acceptors (Lipinski definition) is 3. The maximum Gasteiger partial charge on any atom is 0.407 e. The molecule has 0 saturated heterocycles. The van der Waals surface area contributed by atoms with Gasteiger partial charge >= 0.3 is 12.1 Å². The van der Waals surface area contributed by atoms with Crippen molar-refractivity contribution in [2.24, 2.45) is 0 Å². The summed E-state index contributed by atoms with van der Waals surface area (Å²) < 4.78 is 5.18. The Bertz CT molecular complexity index is 701. The first kappa shape index (κ1) is 21.3. The topological polar surface area (TPSA) is 70.7 Å².